The van der Waals surface area contributed by atoms with Gasteiger partial charge in [0, 0.05) is 18.6 Å². The van der Waals surface area contributed by atoms with Crippen LogP contribution in [0.2, 0.25) is 0 Å². The SMILES string of the molecule is CNC1C(CN(C)C(C)C2CC2)CCC1(C)C. The van der Waals surface area contributed by atoms with E-state index in [9.17, 15) is 0 Å². The predicted octanol–water partition coefficient (Wildman–Crippen LogP) is 2.74. The highest BCUT2D eigenvalue weighted by Crippen LogP contribution is 2.42. The number of hydrogen-bond donors (Lipinski definition) is 1. The standard InChI is InChI=1S/C15H30N2/c1-11(12-6-7-12)17(5)10-13-8-9-15(2,3)14(13)16-4/h11-14,16H,6-10H2,1-5H3. The quantitative estimate of drug-likeness (QED) is 0.792. The molecule has 0 heterocycles. The van der Waals surface area contributed by atoms with E-state index in [2.05, 4.69) is 45.1 Å². The second-order valence-electron chi connectivity index (χ2n) is 7.07. The Balaban J connectivity index is 1.89. The molecule has 0 bridgehead atoms. The third-order valence-electron chi connectivity index (χ3n) is 5.31. The number of rotatable bonds is 5. The number of nitrogens with zero attached hydrogens (tertiary/aromatic N) is 1. The van der Waals surface area contributed by atoms with Crippen molar-refractivity contribution in [3.05, 3.63) is 0 Å². The van der Waals surface area contributed by atoms with Gasteiger partial charge in [0.1, 0.15) is 0 Å². The summed E-state index contributed by atoms with van der Waals surface area (Å²) in [6, 6.07) is 1.48. The van der Waals surface area contributed by atoms with Crippen LogP contribution in [0, 0.1) is 17.3 Å². The summed E-state index contributed by atoms with van der Waals surface area (Å²) < 4.78 is 0. The van der Waals surface area contributed by atoms with Crippen LogP contribution in [0.1, 0.15) is 46.5 Å². The Hall–Kier alpha value is -0.0800. The molecule has 3 unspecified atom stereocenters. The molecule has 0 saturated heterocycles. The molecule has 2 rings (SSSR count). The zero-order valence-corrected chi connectivity index (χ0v) is 12.3. The van der Waals surface area contributed by atoms with Crippen LogP contribution in [0.3, 0.4) is 0 Å². The van der Waals surface area contributed by atoms with Gasteiger partial charge in [-0.1, -0.05) is 13.8 Å². The van der Waals surface area contributed by atoms with Crippen LogP contribution in [0.25, 0.3) is 0 Å². The molecule has 0 aliphatic heterocycles. The lowest BCUT2D eigenvalue weighted by molar-refractivity contribution is 0.170. The molecule has 2 nitrogen and oxygen atoms in total. The first-order chi connectivity index (χ1) is 7.95. The third-order valence-corrected chi connectivity index (χ3v) is 5.31. The average molecular weight is 238 g/mol. The van der Waals surface area contributed by atoms with Crippen molar-refractivity contribution in [2.24, 2.45) is 17.3 Å². The monoisotopic (exact) mass is 238 g/mol. The molecule has 1 N–H and O–H groups in total. The van der Waals surface area contributed by atoms with Gasteiger partial charge in [-0.2, -0.15) is 0 Å². The Morgan fingerprint density at radius 1 is 1.29 bits per heavy atom. The van der Waals surface area contributed by atoms with Crippen molar-refractivity contribution >= 4 is 0 Å². The first-order valence-electron chi connectivity index (χ1n) is 7.33. The highest BCUT2D eigenvalue weighted by molar-refractivity contribution is 4.97. The highest BCUT2D eigenvalue weighted by Gasteiger charge is 2.42. The summed E-state index contributed by atoms with van der Waals surface area (Å²) in [6.45, 7) is 8.51. The van der Waals surface area contributed by atoms with E-state index in [1.807, 2.05) is 0 Å². The van der Waals surface area contributed by atoms with Crippen LogP contribution >= 0.6 is 0 Å². The maximum atomic E-state index is 3.57. The van der Waals surface area contributed by atoms with E-state index < -0.39 is 0 Å². The van der Waals surface area contributed by atoms with Crippen LogP contribution < -0.4 is 5.32 Å². The molecule has 0 aromatic rings. The third kappa shape index (κ3) is 2.85. The zero-order valence-electron chi connectivity index (χ0n) is 12.3. The maximum Gasteiger partial charge on any atom is 0.0156 e. The summed E-state index contributed by atoms with van der Waals surface area (Å²) in [6.07, 6.45) is 5.67. The molecule has 100 valence electrons. The summed E-state index contributed by atoms with van der Waals surface area (Å²) in [5, 5.41) is 3.57. The molecule has 0 spiro atoms. The Bertz CT molecular complexity index is 258. The van der Waals surface area contributed by atoms with Gasteiger partial charge in [0.2, 0.25) is 0 Å². The van der Waals surface area contributed by atoms with Crippen LogP contribution in [0.4, 0.5) is 0 Å². The fourth-order valence-corrected chi connectivity index (χ4v) is 3.82. The lowest BCUT2D eigenvalue weighted by atomic mass is 9.84. The first kappa shape index (κ1) is 13.4. The first-order valence-corrected chi connectivity index (χ1v) is 7.33. The Kier molecular flexibility index (Phi) is 3.84. The van der Waals surface area contributed by atoms with Gasteiger partial charge in [-0.15, -0.1) is 0 Å². The smallest absolute Gasteiger partial charge is 0.0156 e. The largest absolute Gasteiger partial charge is 0.316 e. The molecule has 0 amide bonds. The van der Waals surface area contributed by atoms with Gasteiger partial charge in [-0.3, -0.25) is 0 Å². The summed E-state index contributed by atoms with van der Waals surface area (Å²) in [7, 11) is 4.45. The molecule has 0 radical (unpaired) electrons. The van der Waals surface area contributed by atoms with Gasteiger partial charge < -0.3 is 10.2 Å². The normalized spacial score (nSPS) is 34.2. The second kappa shape index (κ2) is 4.89. The molecule has 0 aromatic heterocycles. The molecule has 17 heavy (non-hydrogen) atoms. The highest BCUT2D eigenvalue weighted by atomic mass is 15.1. The lowest BCUT2D eigenvalue weighted by Gasteiger charge is -2.34. The van der Waals surface area contributed by atoms with Gasteiger partial charge in [0.15, 0.2) is 0 Å². The lowest BCUT2D eigenvalue weighted by Crippen LogP contribution is -2.45. The predicted molar refractivity (Wildman–Crippen MR) is 74.2 cm³/mol. The van der Waals surface area contributed by atoms with Crippen LogP contribution in [-0.4, -0.2) is 37.6 Å². The molecule has 2 heteroatoms. The van der Waals surface area contributed by atoms with Gasteiger partial charge in [-0.05, 0) is 64.0 Å². The van der Waals surface area contributed by atoms with Gasteiger partial charge in [-0.25, -0.2) is 0 Å². The second-order valence-corrected chi connectivity index (χ2v) is 7.07. The fraction of sp³-hybridized carbons (Fsp3) is 1.00. The Labute approximate surface area is 107 Å². The molecule has 2 fully saturated rings. The van der Waals surface area contributed by atoms with Gasteiger partial charge in [0.05, 0.1) is 0 Å². The van der Waals surface area contributed by atoms with Crippen LogP contribution in [0.15, 0.2) is 0 Å². The van der Waals surface area contributed by atoms with E-state index in [1.54, 1.807) is 0 Å². The van der Waals surface area contributed by atoms with Crippen molar-refractivity contribution in [2.75, 3.05) is 20.6 Å². The summed E-state index contributed by atoms with van der Waals surface area (Å²) in [5.74, 6) is 1.82. The van der Waals surface area contributed by atoms with Crippen molar-refractivity contribution in [1.82, 2.24) is 10.2 Å². The van der Waals surface area contributed by atoms with E-state index in [4.69, 9.17) is 0 Å². The van der Waals surface area contributed by atoms with Crippen molar-refractivity contribution in [3.63, 3.8) is 0 Å². The molecule has 2 saturated carbocycles. The molecular formula is C15H30N2. The van der Waals surface area contributed by atoms with Crippen molar-refractivity contribution in [2.45, 2.75) is 58.5 Å². The molecular weight excluding hydrogens is 208 g/mol. The summed E-state index contributed by atoms with van der Waals surface area (Å²) in [5.41, 5.74) is 0.475. The van der Waals surface area contributed by atoms with E-state index in [1.165, 1.54) is 32.2 Å². The minimum Gasteiger partial charge on any atom is -0.316 e. The number of nitrogens with one attached hydrogen (secondary N) is 1. The molecule has 2 aliphatic carbocycles. The zero-order chi connectivity index (χ0) is 12.6. The van der Waals surface area contributed by atoms with Crippen LogP contribution in [-0.2, 0) is 0 Å². The van der Waals surface area contributed by atoms with Crippen LogP contribution in [0.5, 0.6) is 0 Å². The minimum atomic E-state index is 0.475. The Morgan fingerprint density at radius 2 is 1.94 bits per heavy atom. The molecule has 2 aliphatic rings. The van der Waals surface area contributed by atoms with E-state index in [-0.39, 0.29) is 0 Å². The summed E-state index contributed by atoms with van der Waals surface area (Å²) >= 11 is 0. The van der Waals surface area contributed by atoms with Gasteiger partial charge in [0.25, 0.3) is 0 Å². The topological polar surface area (TPSA) is 15.3 Å². The van der Waals surface area contributed by atoms with Crippen molar-refractivity contribution < 1.29 is 0 Å². The van der Waals surface area contributed by atoms with E-state index in [0.717, 1.165) is 17.9 Å². The maximum absolute atomic E-state index is 3.57. The molecule has 3 atom stereocenters. The Morgan fingerprint density at radius 3 is 2.47 bits per heavy atom. The summed E-state index contributed by atoms with van der Waals surface area (Å²) in [4.78, 5) is 2.61. The minimum absolute atomic E-state index is 0.475. The fourth-order valence-electron chi connectivity index (χ4n) is 3.82. The van der Waals surface area contributed by atoms with Crippen molar-refractivity contribution in [1.29, 1.82) is 0 Å². The molecule has 0 aromatic carbocycles. The average Bonchev–Trinajstić information content (AvgIpc) is 3.05. The van der Waals surface area contributed by atoms with E-state index >= 15 is 0 Å². The van der Waals surface area contributed by atoms with Crippen molar-refractivity contribution in [3.8, 4) is 0 Å². The number of hydrogen-bond acceptors (Lipinski definition) is 2. The van der Waals surface area contributed by atoms with E-state index in [0.29, 0.717) is 11.5 Å². The van der Waals surface area contributed by atoms with Gasteiger partial charge >= 0.3 is 0 Å².